The van der Waals surface area contributed by atoms with Crippen molar-refractivity contribution in [2.75, 3.05) is 11.9 Å². The maximum absolute atomic E-state index is 11.0. The predicted octanol–water partition coefficient (Wildman–Crippen LogP) is 2.89. The molecule has 0 bridgehead atoms. The van der Waals surface area contributed by atoms with Gasteiger partial charge in [0.25, 0.3) is 0 Å². The number of hydrogen-bond acceptors (Lipinski definition) is 6. The van der Waals surface area contributed by atoms with Gasteiger partial charge in [-0.15, -0.1) is 0 Å². The van der Waals surface area contributed by atoms with Crippen molar-refractivity contribution in [3.8, 4) is 0 Å². The standard InChI is InChI=1S/C21H24ClN5O4S/c22-17-3-1-2-15-14(17)4-5-18(15)26-20-16-6-7-27(21(16)24-11-23-20)13-8-12(19(28)9-13)10-25-32(29,30)31/h1-3,6-7,11-13,18-19,25,28H,4-5,8-10H2,(H,23,24,26)(H,29,30,31)/t12-,13+,18-,19-/m0/s1. The van der Waals surface area contributed by atoms with E-state index in [2.05, 4.69) is 26.1 Å². The average molecular weight is 478 g/mol. The molecule has 170 valence electrons. The molecule has 0 spiro atoms. The first-order chi connectivity index (χ1) is 15.3. The van der Waals surface area contributed by atoms with Crippen molar-refractivity contribution in [1.29, 1.82) is 0 Å². The molecule has 4 atom stereocenters. The topological polar surface area (TPSA) is 129 Å². The molecule has 11 heteroatoms. The van der Waals surface area contributed by atoms with Gasteiger partial charge in [0.05, 0.1) is 17.5 Å². The third kappa shape index (κ3) is 4.08. The lowest BCUT2D eigenvalue weighted by atomic mass is 10.1. The molecule has 2 aromatic heterocycles. The molecule has 4 N–H and O–H groups in total. The van der Waals surface area contributed by atoms with Gasteiger partial charge in [-0.3, -0.25) is 4.55 Å². The lowest BCUT2D eigenvalue weighted by Gasteiger charge is -2.17. The summed E-state index contributed by atoms with van der Waals surface area (Å²) in [6.07, 6.45) is 5.67. The van der Waals surface area contributed by atoms with Crippen LogP contribution >= 0.6 is 11.6 Å². The number of nitrogens with one attached hydrogen (secondary N) is 2. The van der Waals surface area contributed by atoms with Gasteiger partial charge in [-0.25, -0.2) is 9.97 Å². The Balaban J connectivity index is 1.37. The second-order valence-electron chi connectivity index (χ2n) is 8.50. The van der Waals surface area contributed by atoms with Crippen LogP contribution in [0, 0.1) is 5.92 Å². The van der Waals surface area contributed by atoms with Gasteiger partial charge in [-0.1, -0.05) is 23.7 Å². The van der Waals surface area contributed by atoms with Gasteiger partial charge in [0.15, 0.2) is 0 Å². The molecule has 0 unspecified atom stereocenters. The van der Waals surface area contributed by atoms with E-state index in [0.29, 0.717) is 12.8 Å². The number of aliphatic hydroxyl groups is 1. The highest BCUT2D eigenvalue weighted by molar-refractivity contribution is 7.83. The fourth-order valence-electron chi connectivity index (χ4n) is 5.04. The molecule has 1 aromatic carbocycles. The highest BCUT2D eigenvalue weighted by atomic mass is 35.5. The molecule has 5 rings (SSSR count). The Morgan fingerprint density at radius 1 is 1.22 bits per heavy atom. The first-order valence-electron chi connectivity index (χ1n) is 10.6. The molecule has 3 aromatic rings. The number of fused-ring (bicyclic) bond motifs is 2. The van der Waals surface area contributed by atoms with Crippen LogP contribution in [-0.4, -0.2) is 45.3 Å². The average Bonchev–Trinajstić information content (AvgIpc) is 3.44. The van der Waals surface area contributed by atoms with Gasteiger partial charge in [0, 0.05) is 29.7 Å². The lowest BCUT2D eigenvalue weighted by Crippen LogP contribution is -2.31. The Morgan fingerprint density at radius 2 is 2.06 bits per heavy atom. The second-order valence-corrected chi connectivity index (χ2v) is 10.1. The molecule has 1 fully saturated rings. The molecule has 2 aliphatic carbocycles. The molecule has 0 saturated heterocycles. The highest BCUT2D eigenvalue weighted by Gasteiger charge is 2.35. The molecule has 32 heavy (non-hydrogen) atoms. The number of anilines is 1. The minimum absolute atomic E-state index is 0.0128. The molecule has 0 amide bonds. The zero-order chi connectivity index (χ0) is 22.5. The summed E-state index contributed by atoms with van der Waals surface area (Å²) in [6, 6.07) is 8.02. The van der Waals surface area contributed by atoms with E-state index in [0.717, 1.165) is 34.7 Å². The van der Waals surface area contributed by atoms with Gasteiger partial charge in [-0.05, 0) is 48.9 Å². The number of aliphatic hydroxyl groups excluding tert-OH is 1. The third-order valence-corrected chi connectivity index (χ3v) is 7.47. The largest absolute Gasteiger partial charge is 0.393 e. The maximum atomic E-state index is 11.0. The normalized spacial score (nSPS) is 25.3. The fraction of sp³-hybridized carbons (Fsp3) is 0.429. The fourth-order valence-corrected chi connectivity index (χ4v) is 5.74. The first kappa shape index (κ1) is 21.6. The Hall–Kier alpha value is -2.24. The maximum Gasteiger partial charge on any atom is 0.333 e. The molecule has 1 saturated carbocycles. The minimum atomic E-state index is -4.29. The van der Waals surface area contributed by atoms with E-state index >= 15 is 0 Å². The van der Waals surface area contributed by atoms with Crippen LogP contribution < -0.4 is 10.0 Å². The molecule has 2 heterocycles. The summed E-state index contributed by atoms with van der Waals surface area (Å²) in [7, 11) is -4.29. The number of halogens is 1. The van der Waals surface area contributed by atoms with Crippen molar-refractivity contribution in [1.82, 2.24) is 19.3 Å². The zero-order valence-corrected chi connectivity index (χ0v) is 18.7. The molecular formula is C21H24ClN5O4S. The summed E-state index contributed by atoms with van der Waals surface area (Å²) >= 11 is 6.35. The number of hydrogen-bond donors (Lipinski definition) is 4. The van der Waals surface area contributed by atoms with Gasteiger partial charge in [-0.2, -0.15) is 13.1 Å². The van der Waals surface area contributed by atoms with E-state index in [4.69, 9.17) is 16.2 Å². The smallest absolute Gasteiger partial charge is 0.333 e. The minimum Gasteiger partial charge on any atom is -0.393 e. The van der Waals surface area contributed by atoms with Crippen LogP contribution in [0.4, 0.5) is 5.82 Å². The lowest BCUT2D eigenvalue weighted by molar-refractivity contribution is 0.133. The van der Waals surface area contributed by atoms with E-state index in [1.54, 1.807) is 0 Å². The number of benzene rings is 1. The number of aromatic nitrogens is 3. The predicted molar refractivity (Wildman–Crippen MR) is 121 cm³/mol. The summed E-state index contributed by atoms with van der Waals surface area (Å²) in [5, 5.41) is 15.6. The quantitative estimate of drug-likeness (QED) is 0.401. The number of nitrogens with zero attached hydrogens (tertiary/aromatic N) is 3. The number of rotatable bonds is 6. The van der Waals surface area contributed by atoms with Crippen LogP contribution in [0.3, 0.4) is 0 Å². The van der Waals surface area contributed by atoms with Crippen LogP contribution in [0.1, 0.15) is 42.5 Å². The first-order valence-corrected chi connectivity index (χ1v) is 12.4. The van der Waals surface area contributed by atoms with E-state index in [1.165, 1.54) is 17.5 Å². The molecular weight excluding hydrogens is 454 g/mol. The Kier molecular flexibility index (Phi) is 5.58. The van der Waals surface area contributed by atoms with Gasteiger partial charge in [0.2, 0.25) is 0 Å². The van der Waals surface area contributed by atoms with Crippen molar-refractivity contribution in [2.45, 2.75) is 43.9 Å². The van der Waals surface area contributed by atoms with Crippen molar-refractivity contribution < 1.29 is 18.1 Å². The van der Waals surface area contributed by atoms with Crippen LogP contribution in [-0.2, 0) is 16.7 Å². The van der Waals surface area contributed by atoms with Crippen LogP contribution in [0.25, 0.3) is 11.0 Å². The van der Waals surface area contributed by atoms with Crippen molar-refractivity contribution in [3.05, 3.63) is 52.9 Å². The van der Waals surface area contributed by atoms with Crippen LogP contribution in [0.15, 0.2) is 36.8 Å². The summed E-state index contributed by atoms with van der Waals surface area (Å²) < 4.78 is 35.0. The van der Waals surface area contributed by atoms with E-state index in [-0.39, 0.29) is 24.5 Å². The van der Waals surface area contributed by atoms with Crippen LogP contribution in [0.5, 0.6) is 0 Å². The van der Waals surface area contributed by atoms with E-state index < -0.39 is 16.4 Å². The summed E-state index contributed by atoms with van der Waals surface area (Å²) in [4.78, 5) is 8.94. The third-order valence-electron chi connectivity index (χ3n) is 6.59. The van der Waals surface area contributed by atoms with Crippen molar-refractivity contribution in [2.24, 2.45) is 5.92 Å². The van der Waals surface area contributed by atoms with Gasteiger partial charge < -0.3 is 15.0 Å². The van der Waals surface area contributed by atoms with E-state index in [1.807, 2.05) is 29.0 Å². The molecule has 2 aliphatic rings. The zero-order valence-electron chi connectivity index (χ0n) is 17.1. The second kappa shape index (κ2) is 8.27. The highest BCUT2D eigenvalue weighted by Crippen LogP contribution is 2.40. The Bertz CT molecular complexity index is 1260. The Labute approximate surface area is 190 Å². The van der Waals surface area contributed by atoms with Crippen molar-refractivity contribution >= 4 is 38.8 Å². The van der Waals surface area contributed by atoms with Crippen LogP contribution in [0.2, 0.25) is 5.02 Å². The SMILES string of the molecule is O=S(=O)(O)NC[C@@H]1C[C@@H](n2ccc3c(N[C@H]4CCc5c(Cl)cccc54)ncnc32)C[C@@H]1O. The summed E-state index contributed by atoms with van der Waals surface area (Å²) in [5.41, 5.74) is 3.13. The van der Waals surface area contributed by atoms with Gasteiger partial charge >= 0.3 is 10.3 Å². The summed E-state index contributed by atoms with van der Waals surface area (Å²) in [5.74, 6) is 0.452. The summed E-state index contributed by atoms with van der Waals surface area (Å²) in [6.45, 7) is -0.0128. The monoisotopic (exact) mass is 477 g/mol. The molecule has 0 aliphatic heterocycles. The molecule has 9 nitrogen and oxygen atoms in total. The Morgan fingerprint density at radius 3 is 2.88 bits per heavy atom. The van der Waals surface area contributed by atoms with E-state index in [9.17, 15) is 13.5 Å². The van der Waals surface area contributed by atoms with Gasteiger partial charge in [0.1, 0.15) is 17.8 Å². The van der Waals surface area contributed by atoms with Crippen molar-refractivity contribution in [3.63, 3.8) is 0 Å². The molecule has 0 radical (unpaired) electrons.